The van der Waals surface area contributed by atoms with Gasteiger partial charge >= 0.3 is 6.09 Å². The van der Waals surface area contributed by atoms with E-state index in [1.54, 1.807) is 6.92 Å². The van der Waals surface area contributed by atoms with Crippen LogP contribution < -0.4 is 5.32 Å². The molecule has 0 aliphatic rings. The van der Waals surface area contributed by atoms with Crippen LogP contribution in [0.1, 0.15) is 70.9 Å². The maximum atomic E-state index is 12.7. The first-order valence-corrected chi connectivity index (χ1v) is 13.5. The molecule has 7 heteroatoms. The Hall–Kier alpha value is -3.35. The van der Waals surface area contributed by atoms with E-state index >= 15 is 0 Å². The van der Waals surface area contributed by atoms with Crippen molar-refractivity contribution in [2.24, 2.45) is 0 Å². The SMILES string of the molecule is CCCCOC(=O)N(CC(=O)NCCC)Cc1ccc(-c2ccccc2CN(CCCC)C(C)=O)cc1. The minimum absolute atomic E-state index is 0.0474. The Balaban J connectivity index is 2.18. The number of hydrogen-bond acceptors (Lipinski definition) is 4. The first-order chi connectivity index (χ1) is 17.9. The van der Waals surface area contributed by atoms with Crippen LogP contribution in [0.5, 0.6) is 0 Å². The second-order valence-corrected chi connectivity index (χ2v) is 9.32. The number of rotatable bonds is 15. The molecule has 0 aliphatic heterocycles. The highest BCUT2D eigenvalue weighted by atomic mass is 16.6. The average molecular weight is 510 g/mol. The highest BCUT2D eigenvalue weighted by molar-refractivity contribution is 5.82. The summed E-state index contributed by atoms with van der Waals surface area (Å²) in [7, 11) is 0. The number of nitrogens with zero attached hydrogens (tertiary/aromatic N) is 2. The summed E-state index contributed by atoms with van der Waals surface area (Å²) < 4.78 is 5.39. The van der Waals surface area contributed by atoms with Crippen LogP contribution >= 0.6 is 0 Å². The van der Waals surface area contributed by atoms with E-state index in [1.165, 1.54) is 4.90 Å². The van der Waals surface area contributed by atoms with Crippen molar-refractivity contribution in [3.05, 3.63) is 59.7 Å². The fourth-order valence-corrected chi connectivity index (χ4v) is 3.93. The van der Waals surface area contributed by atoms with Crippen molar-refractivity contribution in [1.29, 1.82) is 0 Å². The van der Waals surface area contributed by atoms with E-state index in [-0.39, 0.29) is 24.9 Å². The van der Waals surface area contributed by atoms with Gasteiger partial charge in [-0.15, -0.1) is 0 Å². The molecule has 0 fully saturated rings. The van der Waals surface area contributed by atoms with Crippen LogP contribution in [-0.2, 0) is 27.4 Å². The Morgan fingerprint density at radius 2 is 1.54 bits per heavy atom. The molecule has 0 aromatic heterocycles. The van der Waals surface area contributed by atoms with E-state index in [1.807, 2.05) is 55.1 Å². The Morgan fingerprint density at radius 1 is 0.838 bits per heavy atom. The van der Waals surface area contributed by atoms with Crippen LogP contribution in [0, 0.1) is 0 Å². The normalized spacial score (nSPS) is 10.6. The van der Waals surface area contributed by atoms with Crippen molar-refractivity contribution >= 4 is 17.9 Å². The van der Waals surface area contributed by atoms with Crippen molar-refractivity contribution in [3.63, 3.8) is 0 Å². The summed E-state index contributed by atoms with van der Waals surface area (Å²) in [6.07, 6.45) is 4.08. The standard InChI is InChI=1S/C30H43N3O4/c1-5-8-19-32(24(4)34)22-27-12-10-11-13-28(27)26-16-14-25(15-17-26)21-33(23-29(35)31-18-7-3)30(36)37-20-9-6-2/h10-17H,5-9,18-23H2,1-4H3,(H,31,35). The lowest BCUT2D eigenvalue weighted by atomic mass is 9.98. The molecule has 0 aliphatic carbocycles. The molecule has 1 N–H and O–H groups in total. The Kier molecular flexibility index (Phi) is 13.2. The largest absolute Gasteiger partial charge is 0.449 e. The van der Waals surface area contributed by atoms with Gasteiger partial charge in [0, 0.05) is 33.1 Å². The number of ether oxygens (including phenoxy) is 1. The zero-order valence-electron chi connectivity index (χ0n) is 22.9. The van der Waals surface area contributed by atoms with Crippen molar-refractivity contribution in [1.82, 2.24) is 15.1 Å². The third-order valence-corrected chi connectivity index (χ3v) is 6.13. The Morgan fingerprint density at radius 3 is 2.19 bits per heavy atom. The van der Waals surface area contributed by atoms with Crippen LogP contribution in [0.2, 0.25) is 0 Å². The number of nitrogens with one attached hydrogen (secondary N) is 1. The summed E-state index contributed by atoms with van der Waals surface area (Å²) in [5.74, 6) is -0.120. The molecule has 0 saturated heterocycles. The summed E-state index contributed by atoms with van der Waals surface area (Å²) in [5, 5.41) is 2.83. The highest BCUT2D eigenvalue weighted by Gasteiger charge is 2.19. The van der Waals surface area contributed by atoms with Gasteiger partial charge in [0.25, 0.3) is 0 Å². The summed E-state index contributed by atoms with van der Waals surface area (Å²) in [5.41, 5.74) is 4.11. The van der Waals surface area contributed by atoms with Crippen LogP contribution in [0.3, 0.4) is 0 Å². The lowest BCUT2D eigenvalue weighted by molar-refractivity contribution is -0.129. The van der Waals surface area contributed by atoms with Gasteiger partial charge in [-0.2, -0.15) is 0 Å². The lowest BCUT2D eigenvalue weighted by Gasteiger charge is -2.23. The molecule has 37 heavy (non-hydrogen) atoms. The van der Waals surface area contributed by atoms with Gasteiger partial charge in [-0.05, 0) is 41.5 Å². The van der Waals surface area contributed by atoms with Gasteiger partial charge in [0.2, 0.25) is 11.8 Å². The molecule has 0 bridgehead atoms. The molecule has 7 nitrogen and oxygen atoms in total. The second kappa shape index (κ2) is 16.4. The number of carbonyl (C=O) groups excluding carboxylic acids is 3. The van der Waals surface area contributed by atoms with E-state index in [4.69, 9.17) is 4.74 Å². The molecule has 202 valence electrons. The van der Waals surface area contributed by atoms with Gasteiger partial charge in [-0.25, -0.2) is 4.79 Å². The molecule has 3 amide bonds. The van der Waals surface area contributed by atoms with Gasteiger partial charge < -0.3 is 15.0 Å². The molecular weight excluding hydrogens is 466 g/mol. The minimum atomic E-state index is -0.481. The molecule has 0 radical (unpaired) electrons. The summed E-state index contributed by atoms with van der Waals surface area (Å²) in [6.45, 7) is 10.2. The van der Waals surface area contributed by atoms with E-state index in [0.29, 0.717) is 19.7 Å². The molecule has 2 aromatic rings. The molecule has 2 aromatic carbocycles. The smallest absolute Gasteiger partial charge is 0.410 e. The van der Waals surface area contributed by atoms with Crippen molar-refractivity contribution in [2.75, 3.05) is 26.2 Å². The number of hydrogen-bond donors (Lipinski definition) is 1. The topological polar surface area (TPSA) is 79.0 Å². The second-order valence-electron chi connectivity index (χ2n) is 9.32. The predicted molar refractivity (Wildman–Crippen MR) is 148 cm³/mol. The summed E-state index contributed by atoms with van der Waals surface area (Å²) in [6, 6.07) is 16.1. The fourth-order valence-electron chi connectivity index (χ4n) is 3.93. The molecule has 0 saturated carbocycles. The van der Waals surface area contributed by atoms with Crippen LogP contribution in [0.15, 0.2) is 48.5 Å². The summed E-state index contributed by atoms with van der Waals surface area (Å²) in [4.78, 5) is 40.5. The van der Waals surface area contributed by atoms with Crippen LogP contribution in [0.4, 0.5) is 4.79 Å². The van der Waals surface area contributed by atoms with E-state index in [0.717, 1.165) is 60.9 Å². The van der Waals surface area contributed by atoms with E-state index < -0.39 is 6.09 Å². The molecule has 0 unspecified atom stereocenters. The lowest BCUT2D eigenvalue weighted by Crippen LogP contribution is -2.40. The zero-order valence-corrected chi connectivity index (χ0v) is 22.9. The van der Waals surface area contributed by atoms with Gasteiger partial charge in [0.15, 0.2) is 0 Å². The van der Waals surface area contributed by atoms with Gasteiger partial charge in [-0.1, -0.05) is 82.1 Å². The third-order valence-electron chi connectivity index (χ3n) is 6.13. The third kappa shape index (κ3) is 10.3. The number of carbonyl (C=O) groups is 3. The Bertz CT molecular complexity index is 991. The maximum Gasteiger partial charge on any atom is 0.410 e. The maximum absolute atomic E-state index is 12.7. The fraction of sp³-hybridized carbons (Fsp3) is 0.500. The van der Waals surface area contributed by atoms with Crippen LogP contribution in [-0.4, -0.2) is 53.9 Å². The molecular formula is C30H43N3O4. The molecule has 0 spiro atoms. The van der Waals surface area contributed by atoms with Gasteiger partial charge in [0.05, 0.1) is 6.61 Å². The first kappa shape index (κ1) is 29.9. The minimum Gasteiger partial charge on any atom is -0.449 e. The van der Waals surface area contributed by atoms with E-state index in [9.17, 15) is 14.4 Å². The number of unbranched alkanes of at least 4 members (excludes halogenated alkanes) is 2. The molecule has 2 rings (SSSR count). The molecule has 0 heterocycles. The first-order valence-electron chi connectivity index (χ1n) is 13.5. The average Bonchev–Trinajstić information content (AvgIpc) is 2.90. The zero-order chi connectivity index (χ0) is 27.0. The van der Waals surface area contributed by atoms with Gasteiger partial charge in [0.1, 0.15) is 6.54 Å². The summed E-state index contributed by atoms with van der Waals surface area (Å²) >= 11 is 0. The highest BCUT2D eigenvalue weighted by Crippen LogP contribution is 2.26. The van der Waals surface area contributed by atoms with Crippen molar-refractivity contribution in [2.45, 2.75) is 72.9 Å². The number of benzene rings is 2. The molecule has 0 atom stereocenters. The van der Waals surface area contributed by atoms with Crippen LogP contribution in [0.25, 0.3) is 11.1 Å². The van der Waals surface area contributed by atoms with Crippen molar-refractivity contribution < 1.29 is 19.1 Å². The predicted octanol–water partition coefficient (Wildman–Crippen LogP) is 5.77. The van der Waals surface area contributed by atoms with Crippen molar-refractivity contribution in [3.8, 4) is 11.1 Å². The van der Waals surface area contributed by atoms with E-state index in [2.05, 4.69) is 24.4 Å². The quantitative estimate of drug-likeness (QED) is 0.309. The van der Waals surface area contributed by atoms with Gasteiger partial charge in [-0.3, -0.25) is 14.5 Å². The Labute approximate surface area is 222 Å². The monoisotopic (exact) mass is 509 g/mol. The number of amides is 3.